The first-order chi connectivity index (χ1) is 5.14. The van der Waals surface area contributed by atoms with Crippen molar-refractivity contribution in [3.8, 4) is 0 Å². The Balaban J connectivity index is 2.83. The highest BCUT2D eigenvalue weighted by atomic mass is 15.1. The van der Waals surface area contributed by atoms with Gasteiger partial charge in [0.15, 0.2) is 0 Å². The molecule has 0 heterocycles. The monoisotopic (exact) mass is 150 g/mol. The maximum atomic E-state index is 5.20. The summed E-state index contributed by atoms with van der Waals surface area (Å²) in [6.07, 6.45) is 9.04. The average molecular weight is 150 g/mol. The molecule has 11 heavy (non-hydrogen) atoms. The molecule has 0 unspecified atom stereocenters. The Labute approximate surface area is 67.5 Å². The minimum absolute atomic E-state index is 0.182. The lowest BCUT2D eigenvalue weighted by molar-refractivity contribution is 0.505. The van der Waals surface area contributed by atoms with Crippen molar-refractivity contribution in [3.63, 3.8) is 0 Å². The van der Waals surface area contributed by atoms with E-state index in [0.717, 1.165) is 12.1 Å². The van der Waals surface area contributed by atoms with E-state index >= 15 is 0 Å². The Morgan fingerprint density at radius 2 is 2.18 bits per heavy atom. The second kappa shape index (κ2) is 2.91. The van der Waals surface area contributed by atoms with E-state index in [4.69, 9.17) is 5.84 Å². The van der Waals surface area contributed by atoms with Crippen LogP contribution in [0.1, 0.15) is 20.3 Å². The Morgan fingerprint density at radius 3 is 2.82 bits per heavy atom. The minimum atomic E-state index is 0.182. The Bertz CT molecular complexity index is 222. The average Bonchev–Trinajstić information content (AvgIpc) is 2.10. The van der Waals surface area contributed by atoms with Gasteiger partial charge in [0.05, 0.1) is 5.71 Å². The van der Waals surface area contributed by atoms with Gasteiger partial charge < -0.3 is 5.84 Å². The molecule has 0 aliphatic heterocycles. The number of allylic oxidation sites excluding steroid dienone is 4. The highest BCUT2D eigenvalue weighted by Gasteiger charge is 2.16. The zero-order valence-corrected chi connectivity index (χ0v) is 7.04. The van der Waals surface area contributed by atoms with Gasteiger partial charge in [0, 0.05) is 0 Å². The molecule has 0 amide bonds. The Kier molecular flexibility index (Phi) is 2.13. The Morgan fingerprint density at radius 1 is 1.45 bits per heavy atom. The van der Waals surface area contributed by atoms with Crippen LogP contribution in [0.3, 0.4) is 0 Å². The molecule has 60 valence electrons. The molecule has 0 aromatic heterocycles. The van der Waals surface area contributed by atoms with Crippen LogP contribution in [-0.2, 0) is 0 Å². The lowest BCUT2D eigenvalue weighted by Crippen LogP contribution is -2.12. The van der Waals surface area contributed by atoms with Crippen molar-refractivity contribution in [1.29, 1.82) is 0 Å². The number of nitrogens with zero attached hydrogens (tertiary/aromatic N) is 1. The van der Waals surface area contributed by atoms with Crippen molar-refractivity contribution in [3.05, 3.63) is 24.3 Å². The predicted octanol–water partition coefficient (Wildman–Crippen LogP) is 1.84. The third-order valence-electron chi connectivity index (χ3n) is 1.75. The highest BCUT2D eigenvalue weighted by molar-refractivity contribution is 5.95. The number of rotatable bonds is 0. The second-order valence-corrected chi connectivity index (χ2v) is 3.50. The third kappa shape index (κ3) is 2.22. The molecular weight excluding hydrogens is 136 g/mol. The Hall–Kier alpha value is -1.05. The normalized spacial score (nSPS) is 25.5. The first kappa shape index (κ1) is 8.05. The van der Waals surface area contributed by atoms with E-state index in [2.05, 4.69) is 25.0 Å². The van der Waals surface area contributed by atoms with Crippen LogP contribution in [0.2, 0.25) is 0 Å². The third-order valence-corrected chi connectivity index (χ3v) is 1.75. The molecule has 1 rings (SSSR count). The first-order valence-corrected chi connectivity index (χ1v) is 3.77. The van der Waals surface area contributed by atoms with Crippen LogP contribution in [-0.4, -0.2) is 5.71 Å². The van der Waals surface area contributed by atoms with Crippen molar-refractivity contribution < 1.29 is 0 Å². The molecule has 2 heteroatoms. The number of hydrogen-bond donors (Lipinski definition) is 1. The standard InChI is InChI=1S/C9H14N2/c1-9(2)6-4-3-5-8(7-9)11-10/h3-6H,7,10H2,1-2H3/b11-8-. The van der Waals surface area contributed by atoms with Gasteiger partial charge in [0.2, 0.25) is 0 Å². The first-order valence-electron chi connectivity index (χ1n) is 3.77. The van der Waals surface area contributed by atoms with Crippen LogP contribution in [0.5, 0.6) is 0 Å². The van der Waals surface area contributed by atoms with E-state index in [1.807, 2.05) is 18.2 Å². The quantitative estimate of drug-likeness (QED) is 0.415. The maximum absolute atomic E-state index is 5.20. The van der Waals surface area contributed by atoms with Gasteiger partial charge >= 0.3 is 0 Å². The molecule has 1 aliphatic carbocycles. The summed E-state index contributed by atoms with van der Waals surface area (Å²) in [5, 5.41) is 3.69. The van der Waals surface area contributed by atoms with Gasteiger partial charge in [-0.3, -0.25) is 0 Å². The fourth-order valence-corrected chi connectivity index (χ4v) is 1.16. The molecular formula is C9H14N2. The smallest absolute Gasteiger partial charge is 0.0609 e. The van der Waals surface area contributed by atoms with Gasteiger partial charge in [0.25, 0.3) is 0 Å². The van der Waals surface area contributed by atoms with Crippen LogP contribution >= 0.6 is 0 Å². The molecule has 0 radical (unpaired) electrons. The van der Waals surface area contributed by atoms with Gasteiger partial charge in [0.1, 0.15) is 0 Å². The van der Waals surface area contributed by atoms with E-state index in [0.29, 0.717) is 0 Å². The molecule has 0 saturated carbocycles. The molecule has 0 spiro atoms. The van der Waals surface area contributed by atoms with E-state index in [1.54, 1.807) is 0 Å². The summed E-state index contributed by atoms with van der Waals surface area (Å²) >= 11 is 0. The summed E-state index contributed by atoms with van der Waals surface area (Å²) in [5.41, 5.74) is 1.14. The summed E-state index contributed by atoms with van der Waals surface area (Å²) in [7, 11) is 0. The summed E-state index contributed by atoms with van der Waals surface area (Å²) in [5.74, 6) is 5.20. The van der Waals surface area contributed by atoms with Crippen molar-refractivity contribution in [2.24, 2.45) is 16.4 Å². The predicted molar refractivity (Wildman–Crippen MR) is 48.3 cm³/mol. The SMILES string of the molecule is CC1(C)C=CC=C/C(=N/N)C1. The molecule has 0 bridgehead atoms. The molecule has 0 aromatic carbocycles. The topological polar surface area (TPSA) is 38.4 Å². The van der Waals surface area contributed by atoms with Crippen LogP contribution in [0.4, 0.5) is 0 Å². The fraction of sp³-hybridized carbons (Fsp3) is 0.444. The van der Waals surface area contributed by atoms with Crippen LogP contribution in [0.15, 0.2) is 29.4 Å². The van der Waals surface area contributed by atoms with Gasteiger partial charge in [-0.25, -0.2) is 0 Å². The van der Waals surface area contributed by atoms with Crippen LogP contribution < -0.4 is 5.84 Å². The van der Waals surface area contributed by atoms with Crippen molar-refractivity contribution >= 4 is 5.71 Å². The molecule has 0 aromatic rings. The number of hydrogen-bond acceptors (Lipinski definition) is 2. The van der Waals surface area contributed by atoms with Gasteiger partial charge in [-0.1, -0.05) is 32.1 Å². The largest absolute Gasteiger partial charge is 0.323 e. The van der Waals surface area contributed by atoms with Gasteiger partial charge in [-0.15, -0.1) is 0 Å². The zero-order valence-electron chi connectivity index (χ0n) is 7.04. The highest BCUT2D eigenvalue weighted by Crippen LogP contribution is 2.24. The van der Waals surface area contributed by atoms with E-state index in [-0.39, 0.29) is 5.41 Å². The molecule has 0 saturated heterocycles. The summed E-state index contributed by atoms with van der Waals surface area (Å²) in [6.45, 7) is 4.34. The summed E-state index contributed by atoms with van der Waals surface area (Å²) < 4.78 is 0. The van der Waals surface area contributed by atoms with E-state index in [9.17, 15) is 0 Å². The van der Waals surface area contributed by atoms with E-state index < -0.39 is 0 Å². The lowest BCUT2D eigenvalue weighted by Gasteiger charge is -2.17. The molecule has 0 atom stereocenters. The summed E-state index contributed by atoms with van der Waals surface area (Å²) in [6, 6.07) is 0. The van der Waals surface area contributed by atoms with Crippen LogP contribution in [0, 0.1) is 5.41 Å². The molecule has 2 nitrogen and oxygen atoms in total. The van der Waals surface area contributed by atoms with Crippen molar-refractivity contribution in [2.45, 2.75) is 20.3 Å². The summed E-state index contributed by atoms with van der Waals surface area (Å²) in [4.78, 5) is 0. The lowest BCUT2D eigenvalue weighted by atomic mass is 9.88. The van der Waals surface area contributed by atoms with Gasteiger partial charge in [-0.05, 0) is 17.9 Å². The minimum Gasteiger partial charge on any atom is -0.323 e. The van der Waals surface area contributed by atoms with Crippen LogP contribution in [0.25, 0.3) is 0 Å². The van der Waals surface area contributed by atoms with Crippen molar-refractivity contribution in [1.82, 2.24) is 0 Å². The number of nitrogens with two attached hydrogens (primary N) is 1. The van der Waals surface area contributed by atoms with Crippen molar-refractivity contribution in [2.75, 3.05) is 0 Å². The van der Waals surface area contributed by atoms with E-state index in [1.165, 1.54) is 0 Å². The molecule has 1 aliphatic rings. The molecule has 0 fully saturated rings. The molecule has 2 N–H and O–H groups in total. The van der Waals surface area contributed by atoms with Gasteiger partial charge in [-0.2, -0.15) is 5.10 Å². The maximum Gasteiger partial charge on any atom is 0.0609 e. The fourth-order valence-electron chi connectivity index (χ4n) is 1.16. The number of hydrazone groups is 1. The second-order valence-electron chi connectivity index (χ2n) is 3.50. The zero-order chi connectivity index (χ0) is 8.32.